The van der Waals surface area contributed by atoms with Crippen LogP contribution in [0.5, 0.6) is 11.5 Å². The lowest BCUT2D eigenvalue weighted by Gasteiger charge is -2.30. The minimum atomic E-state index is -0.279. The molecule has 8 nitrogen and oxygen atoms in total. The number of fused-ring (bicyclic) bond motifs is 1. The largest absolute Gasteiger partial charge is 0.464 e. The quantitative estimate of drug-likeness (QED) is 0.266. The second-order valence-corrected chi connectivity index (χ2v) is 11.8. The van der Waals surface area contributed by atoms with Gasteiger partial charge in [-0.25, -0.2) is 4.79 Å². The van der Waals surface area contributed by atoms with E-state index in [2.05, 4.69) is 45.1 Å². The highest BCUT2D eigenvalue weighted by Crippen LogP contribution is 2.34. The van der Waals surface area contributed by atoms with E-state index in [4.69, 9.17) is 13.9 Å². The van der Waals surface area contributed by atoms with Crippen LogP contribution in [0.1, 0.15) is 81.6 Å². The lowest BCUT2D eigenvalue weighted by molar-refractivity contribution is -0.133. The number of rotatable bonds is 11. The molecule has 0 radical (unpaired) electrons. The molecule has 1 aromatic heterocycles. The van der Waals surface area contributed by atoms with E-state index >= 15 is 0 Å². The Balaban J connectivity index is 1.58. The molecule has 0 spiro atoms. The van der Waals surface area contributed by atoms with Crippen LogP contribution in [0.3, 0.4) is 0 Å². The van der Waals surface area contributed by atoms with E-state index in [1.54, 1.807) is 9.80 Å². The van der Waals surface area contributed by atoms with E-state index in [-0.39, 0.29) is 49.6 Å². The molecule has 3 amide bonds. The molecule has 3 aromatic rings. The first-order chi connectivity index (χ1) is 19.5. The number of anilines is 1. The van der Waals surface area contributed by atoms with Gasteiger partial charge in [-0.1, -0.05) is 65.8 Å². The number of ether oxygens (including phenoxy) is 2. The fraction of sp³-hybridized carbons (Fsp3) is 0.455. The second kappa shape index (κ2) is 13.1. The predicted molar refractivity (Wildman–Crippen MR) is 160 cm³/mol. The number of benzene rings is 2. The Hall–Kier alpha value is -3.94. The fourth-order valence-electron chi connectivity index (χ4n) is 5.05. The molecule has 0 unspecified atom stereocenters. The fourth-order valence-corrected chi connectivity index (χ4v) is 5.05. The third-order valence-corrected chi connectivity index (χ3v) is 7.11. The number of hydrogen-bond donors (Lipinski definition) is 1. The van der Waals surface area contributed by atoms with Crippen molar-refractivity contribution in [1.82, 2.24) is 9.80 Å². The minimum absolute atomic E-state index is 0.0604. The predicted octanol–water partition coefficient (Wildman–Crippen LogP) is 7.28. The Morgan fingerprint density at radius 3 is 2.15 bits per heavy atom. The molecular weight excluding hydrogens is 518 g/mol. The maximum Gasteiger partial charge on any atom is 0.322 e. The van der Waals surface area contributed by atoms with Crippen LogP contribution in [0.2, 0.25) is 0 Å². The average molecular weight is 562 g/mol. The number of aryl methyl sites for hydroxylation is 1. The molecule has 1 aliphatic rings. The van der Waals surface area contributed by atoms with Crippen molar-refractivity contribution in [3.8, 4) is 11.5 Å². The molecular formula is C33H43N3O5. The van der Waals surface area contributed by atoms with Crippen molar-refractivity contribution in [3.63, 3.8) is 0 Å². The molecule has 2 aromatic carbocycles. The van der Waals surface area contributed by atoms with Crippen LogP contribution in [0.15, 0.2) is 52.9 Å². The van der Waals surface area contributed by atoms with Crippen LogP contribution in [-0.4, -0.2) is 41.6 Å². The maximum atomic E-state index is 13.9. The highest BCUT2D eigenvalue weighted by molar-refractivity contribution is 5.94. The Bertz CT molecular complexity index is 1330. The summed E-state index contributed by atoms with van der Waals surface area (Å²) in [6, 6.07) is 15.3. The number of para-hydroxylation sites is 1. The second-order valence-electron chi connectivity index (χ2n) is 11.8. The number of nitrogens with one attached hydrogen (secondary N) is 1. The summed E-state index contributed by atoms with van der Waals surface area (Å²) >= 11 is 0. The van der Waals surface area contributed by atoms with E-state index in [1.165, 1.54) is 0 Å². The third-order valence-electron chi connectivity index (χ3n) is 7.11. The van der Waals surface area contributed by atoms with Gasteiger partial charge in [0, 0.05) is 18.8 Å². The summed E-state index contributed by atoms with van der Waals surface area (Å²) in [7, 11) is 0. The lowest BCUT2D eigenvalue weighted by atomic mass is 9.93. The molecule has 0 aliphatic carbocycles. The topological polar surface area (TPSA) is 84.2 Å². The first-order valence-corrected chi connectivity index (χ1v) is 14.4. The van der Waals surface area contributed by atoms with Gasteiger partial charge in [0.15, 0.2) is 11.5 Å². The molecule has 0 saturated heterocycles. The van der Waals surface area contributed by atoms with Crippen LogP contribution in [0.25, 0.3) is 0 Å². The molecule has 4 rings (SSSR count). The van der Waals surface area contributed by atoms with Crippen LogP contribution < -0.4 is 14.8 Å². The van der Waals surface area contributed by atoms with Crippen molar-refractivity contribution in [1.29, 1.82) is 0 Å². The van der Waals surface area contributed by atoms with E-state index < -0.39 is 0 Å². The minimum Gasteiger partial charge on any atom is -0.464 e. The molecule has 2 heterocycles. The van der Waals surface area contributed by atoms with Gasteiger partial charge >= 0.3 is 6.03 Å². The van der Waals surface area contributed by atoms with Crippen LogP contribution in [0, 0.1) is 12.8 Å². The first-order valence-electron chi connectivity index (χ1n) is 14.4. The summed E-state index contributed by atoms with van der Waals surface area (Å²) in [6.45, 7) is 15.6. The number of furan rings is 1. The van der Waals surface area contributed by atoms with E-state index in [0.717, 1.165) is 28.1 Å². The molecule has 220 valence electrons. The monoisotopic (exact) mass is 561 g/mol. The summed E-state index contributed by atoms with van der Waals surface area (Å²) in [5, 5.41) is 3.19. The molecule has 0 bridgehead atoms. The average Bonchev–Trinajstić information content (AvgIpc) is 3.55. The highest BCUT2D eigenvalue weighted by Gasteiger charge is 2.26. The van der Waals surface area contributed by atoms with Gasteiger partial charge in [-0.15, -0.1) is 0 Å². The van der Waals surface area contributed by atoms with Crippen molar-refractivity contribution in [2.45, 2.75) is 73.4 Å². The van der Waals surface area contributed by atoms with Crippen LogP contribution in [0.4, 0.5) is 10.5 Å². The number of nitrogens with zero attached hydrogens (tertiary/aromatic N) is 2. The summed E-state index contributed by atoms with van der Waals surface area (Å²) in [4.78, 5) is 31.0. The molecule has 0 fully saturated rings. The number of urea groups is 1. The zero-order chi connectivity index (χ0) is 29.7. The summed E-state index contributed by atoms with van der Waals surface area (Å²) < 4.78 is 16.8. The number of carbonyl (C=O) groups is 2. The van der Waals surface area contributed by atoms with E-state index in [9.17, 15) is 9.59 Å². The zero-order valence-corrected chi connectivity index (χ0v) is 25.3. The van der Waals surface area contributed by atoms with E-state index in [1.807, 2.05) is 57.2 Å². The smallest absolute Gasteiger partial charge is 0.322 e. The van der Waals surface area contributed by atoms with Gasteiger partial charge in [0.2, 0.25) is 12.7 Å². The van der Waals surface area contributed by atoms with Crippen molar-refractivity contribution >= 4 is 17.6 Å². The molecule has 1 N–H and O–H groups in total. The number of carbonyl (C=O) groups excluding carboxylic acids is 2. The van der Waals surface area contributed by atoms with Crippen molar-refractivity contribution in [3.05, 3.63) is 76.7 Å². The van der Waals surface area contributed by atoms with Crippen LogP contribution in [-0.2, 0) is 17.9 Å². The maximum absolute atomic E-state index is 13.9. The summed E-state index contributed by atoms with van der Waals surface area (Å²) in [6.07, 6.45) is 0. The summed E-state index contributed by atoms with van der Waals surface area (Å²) in [5.74, 6) is 3.29. The molecule has 41 heavy (non-hydrogen) atoms. The Morgan fingerprint density at radius 2 is 1.54 bits per heavy atom. The Kier molecular flexibility index (Phi) is 9.63. The van der Waals surface area contributed by atoms with Crippen LogP contribution >= 0.6 is 0 Å². The van der Waals surface area contributed by atoms with E-state index in [0.29, 0.717) is 30.3 Å². The van der Waals surface area contributed by atoms with Gasteiger partial charge in [-0.2, -0.15) is 0 Å². The SMILES string of the molecule is Cc1ccc(CN(Cc2ccc3c(c2)OCO3)C(=O)CN(CC(C)C)C(=O)Nc2c(C(C)C)cccc2C(C)C)o1. The van der Waals surface area contributed by atoms with Crippen molar-refractivity contribution in [2.24, 2.45) is 5.92 Å². The van der Waals surface area contributed by atoms with Gasteiger partial charge in [0.1, 0.15) is 18.1 Å². The van der Waals surface area contributed by atoms with Crippen molar-refractivity contribution < 1.29 is 23.5 Å². The highest BCUT2D eigenvalue weighted by atomic mass is 16.7. The summed E-state index contributed by atoms with van der Waals surface area (Å²) in [5.41, 5.74) is 3.90. The third kappa shape index (κ3) is 7.63. The molecule has 1 aliphatic heterocycles. The number of hydrogen-bond acceptors (Lipinski definition) is 5. The Morgan fingerprint density at radius 1 is 0.854 bits per heavy atom. The zero-order valence-electron chi connectivity index (χ0n) is 25.3. The van der Waals surface area contributed by atoms with Crippen molar-refractivity contribution in [2.75, 3.05) is 25.2 Å². The Labute approximate surface area is 243 Å². The van der Waals surface area contributed by atoms with Gasteiger partial charge < -0.3 is 29.0 Å². The number of amides is 3. The molecule has 8 heteroatoms. The van der Waals surface area contributed by atoms with Gasteiger partial charge in [-0.05, 0) is 65.6 Å². The van der Waals surface area contributed by atoms with Gasteiger partial charge in [-0.3, -0.25) is 4.79 Å². The van der Waals surface area contributed by atoms with Gasteiger partial charge in [0.05, 0.1) is 6.54 Å². The lowest BCUT2D eigenvalue weighted by Crippen LogP contribution is -2.45. The molecule has 0 saturated carbocycles. The first kappa shape index (κ1) is 30.0. The standard InChI is InChI=1S/C33H43N3O5/c1-21(2)16-36(33(38)34-32-27(22(3)4)9-8-10-28(32)23(5)6)19-31(37)35(18-26-13-11-24(7)41-26)17-25-12-14-29-30(15-25)40-20-39-29/h8-15,21-23H,16-20H2,1-7H3,(H,34,38). The normalized spacial score (nSPS) is 12.3. The van der Waals surface area contributed by atoms with Gasteiger partial charge in [0.25, 0.3) is 0 Å². The molecule has 0 atom stereocenters.